The van der Waals surface area contributed by atoms with Crippen LogP contribution in [0.5, 0.6) is 5.75 Å². The minimum absolute atomic E-state index is 0.127. The van der Waals surface area contributed by atoms with Gasteiger partial charge in [0.15, 0.2) is 0 Å². The number of aromatic nitrogens is 2. The molecule has 0 radical (unpaired) electrons. The molecule has 8 nitrogen and oxygen atoms in total. The second kappa shape index (κ2) is 11.1. The Labute approximate surface area is 197 Å². The number of ether oxygens (including phenoxy) is 1. The molecule has 1 aromatic heterocycles. The fraction of sp³-hybridized carbons (Fsp3) is 0.333. The van der Waals surface area contributed by atoms with E-state index in [-0.39, 0.29) is 12.3 Å². The molecule has 3 aromatic rings. The first-order valence-electron chi connectivity index (χ1n) is 10.7. The molecule has 176 valence electrons. The lowest BCUT2D eigenvalue weighted by molar-refractivity contribution is -0.116. The molecule has 1 unspecified atom stereocenters. The van der Waals surface area contributed by atoms with Crippen molar-refractivity contribution < 1.29 is 13.7 Å². The normalized spacial score (nSPS) is 11.9. The SMILES string of the molecule is COc1cc(C)c(S(=O)N(C)CCC(=O)Nc2ccc(NCc3cncn3C)cc2)c(C)c1. The minimum Gasteiger partial charge on any atom is -0.497 e. The van der Waals surface area contributed by atoms with Crippen LogP contribution in [0.15, 0.2) is 53.8 Å². The predicted octanol–water partition coefficient (Wildman–Crippen LogP) is 3.64. The van der Waals surface area contributed by atoms with Gasteiger partial charge in [0.1, 0.15) is 16.7 Å². The van der Waals surface area contributed by atoms with E-state index < -0.39 is 11.0 Å². The summed E-state index contributed by atoms with van der Waals surface area (Å²) >= 11 is 0. The van der Waals surface area contributed by atoms with Crippen molar-refractivity contribution in [1.29, 1.82) is 0 Å². The minimum atomic E-state index is -1.36. The summed E-state index contributed by atoms with van der Waals surface area (Å²) < 4.78 is 21.9. The number of imidazole rings is 1. The van der Waals surface area contributed by atoms with Crippen molar-refractivity contribution in [3.63, 3.8) is 0 Å². The number of carbonyl (C=O) groups excluding carboxylic acids is 1. The van der Waals surface area contributed by atoms with Crippen molar-refractivity contribution >= 4 is 28.3 Å². The van der Waals surface area contributed by atoms with Crippen molar-refractivity contribution in [2.45, 2.75) is 31.7 Å². The maximum atomic E-state index is 13.0. The van der Waals surface area contributed by atoms with E-state index in [1.807, 2.05) is 68.1 Å². The molecule has 0 bridgehead atoms. The fourth-order valence-electron chi connectivity index (χ4n) is 3.44. The Morgan fingerprint density at radius 2 is 1.79 bits per heavy atom. The van der Waals surface area contributed by atoms with Crippen LogP contribution in [-0.2, 0) is 29.4 Å². The zero-order chi connectivity index (χ0) is 24.0. The number of benzene rings is 2. The fourth-order valence-corrected chi connectivity index (χ4v) is 4.68. The molecular formula is C24H31N5O3S. The molecule has 0 aliphatic heterocycles. The van der Waals surface area contributed by atoms with Gasteiger partial charge in [0, 0.05) is 44.6 Å². The van der Waals surface area contributed by atoms with Crippen molar-refractivity contribution in [2.24, 2.45) is 7.05 Å². The quantitative estimate of drug-likeness (QED) is 0.473. The van der Waals surface area contributed by atoms with E-state index in [0.29, 0.717) is 13.1 Å². The van der Waals surface area contributed by atoms with E-state index in [0.717, 1.165) is 38.8 Å². The van der Waals surface area contributed by atoms with Crippen LogP contribution in [0.1, 0.15) is 23.2 Å². The molecule has 1 amide bonds. The number of nitrogens with zero attached hydrogens (tertiary/aromatic N) is 3. The van der Waals surface area contributed by atoms with Gasteiger partial charge >= 0.3 is 0 Å². The Morgan fingerprint density at radius 3 is 2.36 bits per heavy atom. The summed E-state index contributed by atoms with van der Waals surface area (Å²) in [6.45, 7) is 4.86. The van der Waals surface area contributed by atoms with Gasteiger partial charge in [-0.25, -0.2) is 13.5 Å². The van der Waals surface area contributed by atoms with E-state index in [1.54, 1.807) is 24.8 Å². The van der Waals surface area contributed by atoms with Crippen molar-refractivity contribution in [1.82, 2.24) is 13.9 Å². The summed E-state index contributed by atoms with van der Waals surface area (Å²) in [6.07, 6.45) is 3.82. The first kappa shape index (κ1) is 24.5. The molecule has 2 N–H and O–H groups in total. The number of aryl methyl sites for hydroxylation is 3. The Balaban J connectivity index is 1.49. The van der Waals surface area contributed by atoms with Crippen molar-refractivity contribution in [2.75, 3.05) is 31.3 Å². The molecule has 33 heavy (non-hydrogen) atoms. The monoisotopic (exact) mass is 469 g/mol. The highest BCUT2D eigenvalue weighted by Gasteiger charge is 2.18. The van der Waals surface area contributed by atoms with E-state index in [9.17, 15) is 9.00 Å². The second-order valence-corrected chi connectivity index (χ2v) is 9.45. The van der Waals surface area contributed by atoms with E-state index in [4.69, 9.17) is 4.74 Å². The molecule has 0 spiro atoms. The van der Waals surface area contributed by atoms with Gasteiger partial charge in [-0.3, -0.25) is 4.79 Å². The van der Waals surface area contributed by atoms with Crippen LogP contribution in [0.4, 0.5) is 11.4 Å². The first-order chi connectivity index (χ1) is 15.8. The highest BCUT2D eigenvalue weighted by molar-refractivity contribution is 7.82. The topological polar surface area (TPSA) is 88.5 Å². The average molecular weight is 470 g/mol. The van der Waals surface area contributed by atoms with Crippen molar-refractivity contribution in [3.05, 3.63) is 65.7 Å². The Morgan fingerprint density at radius 1 is 1.15 bits per heavy atom. The van der Waals surface area contributed by atoms with Gasteiger partial charge in [-0.05, 0) is 61.4 Å². The summed E-state index contributed by atoms with van der Waals surface area (Å²) in [7, 11) is 3.96. The lowest BCUT2D eigenvalue weighted by Gasteiger charge is -2.19. The van der Waals surface area contributed by atoms with Gasteiger partial charge in [-0.15, -0.1) is 0 Å². The second-order valence-electron chi connectivity index (χ2n) is 7.92. The first-order valence-corrected chi connectivity index (χ1v) is 11.8. The van der Waals surface area contributed by atoms with Crippen LogP contribution in [0.25, 0.3) is 0 Å². The highest BCUT2D eigenvalue weighted by Crippen LogP contribution is 2.25. The number of amides is 1. The summed E-state index contributed by atoms with van der Waals surface area (Å²) in [5, 5.41) is 6.23. The van der Waals surface area contributed by atoms with Gasteiger partial charge in [0.05, 0.1) is 30.6 Å². The summed E-state index contributed by atoms with van der Waals surface area (Å²) in [5.74, 6) is 0.614. The number of nitrogens with one attached hydrogen (secondary N) is 2. The van der Waals surface area contributed by atoms with Crippen LogP contribution >= 0.6 is 0 Å². The maximum absolute atomic E-state index is 13.0. The molecular weight excluding hydrogens is 438 g/mol. The number of carbonyl (C=O) groups is 1. The summed E-state index contributed by atoms with van der Waals surface area (Å²) in [5.41, 5.74) is 4.55. The Hall–Kier alpha value is -3.17. The summed E-state index contributed by atoms with van der Waals surface area (Å²) in [6, 6.07) is 11.3. The zero-order valence-corrected chi connectivity index (χ0v) is 20.5. The lowest BCUT2D eigenvalue weighted by Crippen LogP contribution is -2.27. The maximum Gasteiger partial charge on any atom is 0.225 e. The molecule has 0 saturated heterocycles. The third kappa shape index (κ3) is 6.43. The molecule has 9 heteroatoms. The lowest BCUT2D eigenvalue weighted by atomic mass is 10.1. The molecule has 1 heterocycles. The molecule has 3 rings (SSSR count). The van der Waals surface area contributed by atoms with Crippen LogP contribution in [-0.4, -0.2) is 44.7 Å². The highest BCUT2D eigenvalue weighted by atomic mass is 32.2. The van der Waals surface area contributed by atoms with Crippen LogP contribution < -0.4 is 15.4 Å². The number of methoxy groups -OCH3 is 1. The Bertz CT molecular complexity index is 1100. The zero-order valence-electron chi connectivity index (χ0n) is 19.7. The predicted molar refractivity (Wildman–Crippen MR) is 132 cm³/mol. The largest absolute Gasteiger partial charge is 0.497 e. The van der Waals surface area contributed by atoms with Crippen LogP contribution in [0, 0.1) is 13.8 Å². The van der Waals surface area contributed by atoms with Gasteiger partial charge in [0.25, 0.3) is 0 Å². The molecule has 0 fully saturated rings. The van der Waals surface area contributed by atoms with Gasteiger partial charge in [0.2, 0.25) is 5.91 Å². The smallest absolute Gasteiger partial charge is 0.225 e. The molecule has 0 aliphatic rings. The Kier molecular flexibility index (Phi) is 8.24. The van der Waals surface area contributed by atoms with E-state index in [2.05, 4.69) is 15.6 Å². The molecule has 2 aromatic carbocycles. The van der Waals surface area contributed by atoms with E-state index in [1.165, 1.54) is 0 Å². The number of hydrogen-bond donors (Lipinski definition) is 2. The van der Waals surface area contributed by atoms with Crippen molar-refractivity contribution in [3.8, 4) is 5.75 Å². The van der Waals surface area contributed by atoms with Gasteiger partial charge in [-0.1, -0.05) is 0 Å². The van der Waals surface area contributed by atoms with E-state index >= 15 is 0 Å². The third-order valence-electron chi connectivity index (χ3n) is 5.34. The van der Waals surface area contributed by atoms with Crippen LogP contribution in [0.2, 0.25) is 0 Å². The average Bonchev–Trinajstić information content (AvgIpc) is 3.20. The molecule has 1 atom stereocenters. The third-order valence-corrected chi connectivity index (χ3v) is 7.08. The van der Waals surface area contributed by atoms with Gasteiger partial charge < -0.3 is 19.9 Å². The number of rotatable bonds is 10. The number of anilines is 2. The molecule has 0 saturated carbocycles. The number of hydrogen-bond acceptors (Lipinski definition) is 5. The van der Waals surface area contributed by atoms with Crippen LogP contribution in [0.3, 0.4) is 0 Å². The standard InChI is InChI=1S/C24H31N5O3S/c1-17-12-22(32-5)13-18(2)24(17)33(31)29(4)11-10-23(30)27-20-8-6-19(7-9-20)26-15-21-14-25-16-28(21)3/h6-9,12-14,16,26H,10-11,15H2,1-5H3,(H,27,30). The van der Waals surface area contributed by atoms with Gasteiger partial charge in [-0.2, -0.15) is 0 Å². The molecule has 0 aliphatic carbocycles. The summed E-state index contributed by atoms with van der Waals surface area (Å²) in [4.78, 5) is 17.3.